The normalized spacial score (nSPS) is 11.3. The molecule has 0 atom stereocenters. The molecule has 4 aromatic rings. The molecule has 0 radical (unpaired) electrons. The molecule has 0 aliphatic carbocycles. The number of aryl methyl sites for hydroxylation is 1. The van der Waals surface area contributed by atoms with Crippen molar-refractivity contribution in [2.24, 2.45) is 0 Å². The van der Waals surface area contributed by atoms with Crippen LogP contribution in [0.25, 0.3) is 0 Å². The third-order valence-electron chi connectivity index (χ3n) is 4.92. The van der Waals surface area contributed by atoms with Crippen molar-refractivity contribution in [1.29, 1.82) is 0 Å². The van der Waals surface area contributed by atoms with Crippen LogP contribution in [-0.4, -0.2) is 31.1 Å². The summed E-state index contributed by atoms with van der Waals surface area (Å²) in [6, 6.07) is 22.8. The quantitative estimate of drug-likeness (QED) is 0.217. The molecule has 35 heavy (non-hydrogen) atoms. The van der Waals surface area contributed by atoms with E-state index in [0.29, 0.717) is 14.5 Å². The van der Waals surface area contributed by atoms with E-state index in [1.807, 2.05) is 37.3 Å². The number of aromatic nitrogens is 2. The first-order chi connectivity index (χ1) is 16.8. The van der Waals surface area contributed by atoms with Gasteiger partial charge in [-0.25, -0.2) is 8.42 Å². The number of carbonyl (C=O) groups is 1. The lowest BCUT2D eigenvalue weighted by Gasteiger charge is -2.24. The Morgan fingerprint density at radius 2 is 1.71 bits per heavy atom. The minimum absolute atomic E-state index is 0.0695. The Kier molecular flexibility index (Phi) is 8.07. The number of benzene rings is 3. The summed E-state index contributed by atoms with van der Waals surface area (Å²) < 4.78 is 28.6. The number of hydrogen-bond acceptors (Lipinski definition) is 7. The lowest BCUT2D eigenvalue weighted by Crippen LogP contribution is -2.38. The zero-order valence-corrected chi connectivity index (χ0v) is 21.8. The van der Waals surface area contributed by atoms with Crippen LogP contribution in [0.15, 0.2) is 88.1 Å². The molecule has 0 saturated carbocycles. The van der Waals surface area contributed by atoms with Gasteiger partial charge in [-0.2, -0.15) is 0 Å². The fourth-order valence-electron chi connectivity index (χ4n) is 3.10. The topological polar surface area (TPSA) is 92.3 Å². The van der Waals surface area contributed by atoms with Crippen LogP contribution in [0.1, 0.15) is 11.1 Å². The van der Waals surface area contributed by atoms with E-state index < -0.39 is 22.5 Å². The Bertz CT molecular complexity index is 1410. The van der Waals surface area contributed by atoms with Gasteiger partial charge in [-0.05, 0) is 42.3 Å². The summed E-state index contributed by atoms with van der Waals surface area (Å²) in [5.41, 5.74) is 2.24. The van der Waals surface area contributed by atoms with E-state index in [9.17, 15) is 13.2 Å². The fraction of sp³-hybridized carbons (Fsp3) is 0.125. The second kappa shape index (κ2) is 11.2. The van der Waals surface area contributed by atoms with Crippen molar-refractivity contribution in [1.82, 2.24) is 10.2 Å². The van der Waals surface area contributed by atoms with Crippen LogP contribution < -0.4 is 9.62 Å². The van der Waals surface area contributed by atoms with E-state index in [1.165, 1.54) is 41.3 Å². The summed E-state index contributed by atoms with van der Waals surface area (Å²) in [7, 11) is -4.03. The average molecular weight is 545 g/mol. The van der Waals surface area contributed by atoms with Crippen LogP contribution in [0.5, 0.6) is 0 Å². The highest BCUT2D eigenvalue weighted by Crippen LogP contribution is 2.30. The predicted octanol–water partition coefficient (Wildman–Crippen LogP) is 5.63. The van der Waals surface area contributed by atoms with Crippen LogP contribution in [0, 0.1) is 6.92 Å². The molecule has 0 saturated heterocycles. The first-order valence-electron chi connectivity index (χ1n) is 10.5. The zero-order chi connectivity index (χ0) is 24.8. The predicted molar refractivity (Wildman–Crippen MR) is 142 cm³/mol. The van der Waals surface area contributed by atoms with Crippen LogP contribution >= 0.6 is 34.7 Å². The Hall–Kier alpha value is -2.92. The van der Waals surface area contributed by atoms with Crippen LogP contribution in [0.3, 0.4) is 0 Å². The lowest BCUT2D eigenvalue weighted by atomic mass is 10.2. The highest BCUT2D eigenvalue weighted by molar-refractivity contribution is 8.00. The molecule has 1 amide bonds. The number of sulfonamides is 1. The first-order valence-corrected chi connectivity index (χ1v) is 14.1. The third-order valence-corrected chi connectivity index (χ3v) is 9.16. The molecule has 1 aromatic heterocycles. The van der Waals surface area contributed by atoms with Gasteiger partial charge in [-0.1, -0.05) is 89.3 Å². The van der Waals surface area contributed by atoms with Crippen molar-refractivity contribution in [3.63, 3.8) is 0 Å². The lowest BCUT2D eigenvalue weighted by molar-refractivity contribution is -0.114. The molecule has 0 aliphatic heterocycles. The van der Waals surface area contributed by atoms with Gasteiger partial charge in [0.1, 0.15) is 6.54 Å². The van der Waals surface area contributed by atoms with E-state index >= 15 is 0 Å². The summed E-state index contributed by atoms with van der Waals surface area (Å²) in [6.45, 7) is 1.36. The maximum absolute atomic E-state index is 13.4. The number of carbonyl (C=O) groups excluding carboxylic acids is 1. The molecule has 180 valence electrons. The summed E-state index contributed by atoms with van der Waals surface area (Å²) >= 11 is 9.00. The Morgan fingerprint density at radius 1 is 1.03 bits per heavy atom. The number of hydrogen-bond donors (Lipinski definition) is 1. The largest absolute Gasteiger partial charge is 0.299 e. The highest BCUT2D eigenvalue weighted by atomic mass is 35.5. The molecule has 1 heterocycles. The van der Waals surface area contributed by atoms with E-state index in [0.717, 1.165) is 21.2 Å². The second-order valence-corrected chi connectivity index (χ2v) is 11.9. The molecular formula is C24H21ClN4O3S3. The summed E-state index contributed by atoms with van der Waals surface area (Å²) in [5.74, 6) is 0.178. The van der Waals surface area contributed by atoms with Gasteiger partial charge < -0.3 is 0 Å². The SMILES string of the molecule is Cc1ccc(N(CC(=O)Nc2nnc(SCc3ccccc3)s2)S(=O)(=O)c2ccccc2)cc1Cl. The standard InChI is InChI=1S/C24H21ClN4O3S3/c1-17-12-13-19(14-21(17)25)29(35(31,32)20-10-6-3-7-11-20)15-22(30)26-23-27-28-24(34-23)33-16-18-8-4-2-5-9-18/h2-14H,15-16H2,1H3,(H,26,27,30). The van der Waals surface area contributed by atoms with Crippen molar-refractivity contribution < 1.29 is 13.2 Å². The number of thioether (sulfide) groups is 1. The minimum atomic E-state index is -4.03. The summed E-state index contributed by atoms with van der Waals surface area (Å²) in [4.78, 5) is 13.0. The van der Waals surface area contributed by atoms with Crippen molar-refractivity contribution in [2.45, 2.75) is 21.9 Å². The van der Waals surface area contributed by atoms with Crippen LogP contribution in [0.2, 0.25) is 5.02 Å². The first kappa shape index (κ1) is 25.2. The molecule has 0 unspecified atom stereocenters. The number of nitrogens with one attached hydrogen (secondary N) is 1. The molecule has 4 rings (SSSR count). The number of anilines is 2. The van der Waals surface area contributed by atoms with Crippen LogP contribution in [-0.2, 0) is 20.6 Å². The zero-order valence-electron chi connectivity index (χ0n) is 18.6. The number of nitrogens with zero attached hydrogens (tertiary/aromatic N) is 3. The van der Waals surface area contributed by atoms with Gasteiger partial charge in [0.25, 0.3) is 10.0 Å². The van der Waals surface area contributed by atoms with Gasteiger partial charge in [-0.15, -0.1) is 10.2 Å². The van der Waals surface area contributed by atoms with Gasteiger partial charge in [0.15, 0.2) is 4.34 Å². The molecule has 1 N–H and O–H groups in total. The molecular weight excluding hydrogens is 524 g/mol. The highest BCUT2D eigenvalue weighted by Gasteiger charge is 2.28. The number of rotatable bonds is 9. The molecule has 0 aliphatic rings. The van der Waals surface area contributed by atoms with Gasteiger partial charge in [-0.3, -0.25) is 14.4 Å². The minimum Gasteiger partial charge on any atom is -0.299 e. The monoisotopic (exact) mass is 544 g/mol. The Balaban J connectivity index is 1.51. The molecule has 0 fully saturated rings. The molecule has 0 spiro atoms. The Morgan fingerprint density at radius 3 is 2.40 bits per heavy atom. The third kappa shape index (κ3) is 6.40. The second-order valence-electron chi connectivity index (χ2n) is 7.45. The van der Waals surface area contributed by atoms with E-state index in [-0.39, 0.29) is 10.6 Å². The molecule has 11 heteroatoms. The van der Waals surface area contributed by atoms with E-state index in [4.69, 9.17) is 11.6 Å². The van der Waals surface area contributed by atoms with Gasteiger partial charge >= 0.3 is 0 Å². The van der Waals surface area contributed by atoms with E-state index in [1.54, 1.807) is 30.3 Å². The van der Waals surface area contributed by atoms with Crippen molar-refractivity contribution >= 4 is 61.4 Å². The number of amides is 1. The smallest absolute Gasteiger partial charge is 0.264 e. The maximum atomic E-state index is 13.4. The molecule has 7 nitrogen and oxygen atoms in total. The Labute approximate surface area is 217 Å². The van der Waals surface area contributed by atoms with Crippen molar-refractivity contribution in [2.75, 3.05) is 16.2 Å². The van der Waals surface area contributed by atoms with Crippen molar-refractivity contribution in [3.05, 3.63) is 95.0 Å². The maximum Gasteiger partial charge on any atom is 0.264 e. The fourth-order valence-corrected chi connectivity index (χ4v) is 6.43. The average Bonchev–Trinajstić information content (AvgIpc) is 3.31. The summed E-state index contributed by atoms with van der Waals surface area (Å²) in [5, 5.41) is 11.5. The number of halogens is 1. The van der Waals surface area contributed by atoms with E-state index in [2.05, 4.69) is 15.5 Å². The molecule has 0 bridgehead atoms. The van der Waals surface area contributed by atoms with Gasteiger partial charge in [0, 0.05) is 10.8 Å². The summed E-state index contributed by atoms with van der Waals surface area (Å²) in [6.07, 6.45) is 0. The van der Waals surface area contributed by atoms with Gasteiger partial charge in [0.05, 0.1) is 10.6 Å². The molecule has 3 aromatic carbocycles. The van der Waals surface area contributed by atoms with Crippen molar-refractivity contribution in [3.8, 4) is 0 Å². The van der Waals surface area contributed by atoms with Crippen LogP contribution in [0.4, 0.5) is 10.8 Å². The van der Waals surface area contributed by atoms with Gasteiger partial charge in [0.2, 0.25) is 11.0 Å².